The Morgan fingerprint density at radius 2 is 1.75 bits per heavy atom. The summed E-state index contributed by atoms with van der Waals surface area (Å²) in [6, 6.07) is 10.8. The number of halogens is 2. The molecule has 1 saturated carbocycles. The molecule has 0 aliphatic heterocycles. The molecule has 0 spiro atoms. The van der Waals surface area contributed by atoms with Gasteiger partial charge in [-0.25, -0.2) is 8.78 Å². The van der Waals surface area contributed by atoms with Crippen molar-refractivity contribution in [1.29, 1.82) is 5.26 Å². The van der Waals surface area contributed by atoms with E-state index in [4.69, 9.17) is 0 Å². The molecule has 36 heavy (non-hydrogen) atoms. The van der Waals surface area contributed by atoms with Crippen LogP contribution in [0.2, 0.25) is 0 Å². The summed E-state index contributed by atoms with van der Waals surface area (Å²) in [4.78, 5) is 11.8. The molecule has 5 nitrogen and oxygen atoms in total. The number of amides is 1. The van der Waals surface area contributed by atoms with Crippen LogP contribution in [0.3, 0.4) is 0 Å². The van der Waals surface area contributed by atoms with Crippen LogP contribution in [0.4, 0.5) is 8.78 Å². The number of nitrogens with zero attached hydrogens (tertiary/aromatic N) is 1. The van der Waals surface area contributed by atoms with Gasteiger partial charge in [0.1, 0.15) is 11.6 Å². The van der Waals surface area contributed by atoms with Crippen molar-refractivity contribution in [2.75, 3.05) is 6.54 Å². The molecule has 2 atom stereocenters. The highest BCUT2D eigenvalue weighted by molar-refractivity contribution is 5.73. The fourth-order valence-corrected chi connectivity index (χ4v) is 5.25. The van der Waals surface area contributed by atoms with Crippen LogP contribution in [0.15, 0.2) is 36.4 Å². The van der Waals surface area contributed by atoms with Gasteiger partial charge in [0.05, 0.1) is 23.8 Å². The van der Waals surface area contributed by atoms with Gasteiger partial charge in [-0.3, -0.25) is 4.79 Å². The van der Waals surface area contributed by atoms with Gasteiger partial charge in [-0.15, -0.1) is 0 Å². The minimum atomic E-state index is -0.987. The summed E-state index contributed by atoms with van der Waals surface area (Å²) in [6.45, 7) is 7.81. The molecule has 0 radical (unpaired) electrons. The number of hydrogen-bond acceptors (Lipinski definition) is 4. The molecule has 0 aromatic heterocycles. The smallest absolute Gasteiger partial charge is 0.217 e. The maximum Gasteiger partial charge on any atom is 0.217 e. The summed E-state index contributed by atoms with van der Waals surface area (Å²) in [5.41, 5.74) is 2.51. The fraction of sp³-hybridized carbons (Fsp3) is 0.517. The lowest BCUT2D eigenvalue weighted by Crippen LogP contribution is -2.53. The molecule has 2 unspecified atom stereocenters. The summed E-state index contributed by atoms with van der Waals surface area (Å²) >= 11 is 0. The van der Waals surface area contributed by atoms with E-state index in [9.17, 15) is 23.9 Å². The summed E-state index contributed by atoms with van der Waals surface area (Å²) in [7, 11) is 0. The van der Waals surface area contributed by atoms with E-state index in [0.29, 0.717) is 11.1 Å². The second kappa shape index (κ2) is 11.5. The molecular formula is C29H37F2N3O2. The zero-order valence-corrected chi connectivity index (χ0v) is 21.6. The second-order valence-corrected chi connectivity index (χ2v) is 11.0. The number of carbonyl (C=O) groups is 1. The molecule has 1 fully saturated rings. The van der Waals surface area contributed by atoms with Gasteiger partial charge in [0.25, 0.3) is 0 Å². The fourth-order valence-electron chi connectivity index (χ4n) is 5.25. The van der Waals surface area contributed by atoms with E-state index < -0.39 is 23.8 Å². The molecule has 0 heterocycles. The quantitative estimate of drug-likeness (QED) is 0.480. The van der Waals surface area contributed by atoms with Gasteiger partial charge < -0.3 is 15.7 Å². The lowest BCUT2D eigenvalue weighted by molar-refractivity contribution is -0.120. The van der Waals surface area contributed by atoms with Crippen LogP contribution >= 0.6 is 0 Å². The van der Waals surface area contributed by atoms with E-state index in [1.165, 1.54) is 19.1 Å². The van der Waals surface area contributed by atoms with Crippen molar-refractivity contribution < 1.29 is 18.7 Å². The van der Waals surface area contributed by atoms with Gasteiger partial charge in [0, 0.05) is 25.1 Å². The van der Waals surface area contributed by atoms with Crippen LogP contribution in [0.25, 0.3) is 0 Å². The van der Waals surface area contributed by atoms with Crippen molar-refractivity contribution in [1.82, 2.24) is 10.6 Å². The first-order valence-corrected chi connectivity index (χ1v) is 12.6. The minimum Gasteiger partial charge on any atom is -0.390 e. The second-order valence-electron chi connectivity index (χ2n) is 11.0. The Kier molecular flexibility index (Phi) is 8.86. The maximum absolute atomic E-state index is 13.7. The summed E-state index contributed by atoms with van der Waals surface area (Å²) < 4.78 is 27.4. The van der Waals surface area contributed by atoms with Crippen molar-refractivity contribution >= 4 is 5.91 Å². The van der Waals surface area contributed by atoms with Gasteiger partial charge in [0.2, 0.25) is 5.91 Å². The summed E-state index contributed by atoms with van der Waals surface area (Å²) in [5.74, 6) is -1.73. The topological polar surface area (TPSA) is 85.2 Å². The molecule has 2 aromatic carbocycles. The standard InChI is InChI=1S/C29H37F2N3O2/c1-19(35)34-26(14-20-12-23(30)16-24(31)13-20)27(36)18-33-29(10-6-5-7-11-29)22-9-8-21(17-32)25(15-22)28(2,3)4/h8-9,12-13,15-16,26-27,33,36H,5-7,10-11,14,18H2,1-4H3,(H,34,35). The number of benzene rings is 2. The normalized spacial score (nSPS) is 17.2. The predicted molar refractivity (Wildman–Crippen MR) is 136 cm³/mol. The zero-order chi connectivity index (χ0) is 26.5. The van der Waals surface area contributed by atoms with Crippen LogP contribution in [-0.2, 0) is 22.2 Å². The molecular weight excluding hydrogens is 460 g/mol. The Morgan fingerprint density at radius 3 is 2.31 bits per heavy atom. The Labute approximate surface area is 212 Å². The molecule has 194 valence electrons. The molecule has 1 aliphatic carbocycles. The van der Waals surface area contributed by atoms with Crippen LogP contribution in [0, 0.1) is 23.0 Å². The van der Waals surface area contributed by atoms with Crippen LogP contribution in [-0.4, -0.2) is 29.7 Å². The van der Waals surface area contributed by atoms with E-state index in [1.54, 1.807) is 0 Å². The third kappa shape index (κ3) is 6.89. The van der Waals surface area contributed by atoms with Gasteiger partial charge in [-0.1, -0.05) is 52.2 Å². The molecule has 3 N–H and O–H groups in total. The molecule has 7 heteroatoms. The van der Waals surface area contributed by atoms with Crippen molar-refractivity contribution in [2.45, 2.75) is 89.3 Å². The summed E-state index contributed by atoms with van der Waals surface area (Å²) in [6.07, 6.45) is 4.07. The molecule has 3 rings (SSSR count). The Bertz CT molecular complexity index is 1090. The average molecular weight is 498 g/mol. The predicted octanol–water partition coefficient (Wildman–Crippen LogP) is 4.99. The number of carbonyl (C=O) groups excluding carboxylic acids is 1. The molecule has 1 amide bonds. The molecule has 2 aromatic rings. The number of rotatable bonds is 8. The highest BCUT2D eigenvalue weighted by Crippen LogP contribution is 2.39. The molecule has 0 bridgehead atoms. The first-order valence-electron chi connectivity index (χ1n) is 12.6. The van der Waals surface area contributed by atoms with Gasteiger partial charge in [-0.2, -0.15) is 5.26 Å². The third-order valence-electron chi connectivity index (χ3n) is 7.09. The van der Waals surface area contributed by atoms with Crippen molar-refractivity contribution in [3.8, 4) is 6.07 Å². The highest BCUT2D eigenvalue weighted by atomic mass is 19.1. The van der Waals surface area contributed by atoms with E-state index in [0.717, 1.165) is 49.3 Å². The number of aliphatic hydroxyl groups excluding tert-OH is 1. The Balaban J connectivity index is 1.86. The number of hydrogen-bond donors (Lipinski definition) is 3. The lowest BCUT2D eigenvalue weighted by atomic mass is 9.73. The zero-order valence-electron chi connectivity index (χ0n) is 21.6. The number of nitrogens with one attached hydrogen (secondary N) is 2. The van der Waals surface area contributed by atoms with E-state index in [1.807, 2.05) is 12.1 Å². The molecule has 0 saturated heterocycles. The lowest BCUT2D eigenvalue weighted by Gasteiger charge is -2.41. The Morgan fingerprint density at radius 1 is 1.11 bits per heavy atom. The minimum absolute atomic E-state index is 0.0924. The highest BCUT2D eigenvalue weighted by Gasteiger charge is 2.36. The first kappa shape index (κ1) is 27.8. The first-order chi connectivity index (χ1) is 16.9. The van der Waals surface area contributed by atoms with Gasteiger partial charge in [-0.05, 0) is 59.6 Å². The largest absolute Gasteiger partial charge is 0.390 e. The van der Waals surface area contributed by atoms with Crippen molar-refractivity contribution in [2.24, 2.45) is 0 Å². The van der Waals surface area contributed by atoms with Crippen molar-refractivity contribution in [3.63, 3.8) is 0 Å². The monoisotopic (exact) mass is 497 g/mol. The van der Waals surface area contributed by atoms with E-state index in [-0.39, 0.29) is 29.8 Å². The van der Waals surface area contributed by atoms with Crippen molar-refractivity contribution in [3.05, 3.63) is 70.3 Å². The Hall–Kier alpha value is -2.82. The molecule has 1 aliphatic rings. The SMILES string of the molecule is CC(=O)NC(Cc1cc(F)cc(F)c1)C(O)CNC1(c2ccc(C#N)c(C(C)(C)C)c2)CCCCC1. The average Bonchev–Trinajstić information content (AvgIpc) is 2.81. The van der Waals surface area contributed by atoms with E-state index >= 15 is 0 Å². The van der Waals surface area contributed by atoms with Crippen LogP contribution in [0.1, 0.15) is 82.1 Å². The van der Waals surface area contributed by atoms with Crippen LogP contribution in [0.5, 0.6) is 0 Å². The third-order valence-corrected chi connectivity index (χ3v) is 7.09. The number of aliphatic hydroxyl groups is 1. The maximum atomic E-state index is 13.7. The summed E-state index contributed by atoms with van der Waals surface area (Å²) in [5, 5.41) is 27.1. The van der Waals surface area contributed by atoms with Gasteiger partial charge in [0.15, 0.2) is 0 Å². The number of nitriles is 1. The van der Waals surface area contributed by atoms with E-state index in [2.05, 4.69) is 43.5 Å². The van der Waals surface area contributed by atoms with Gasteiger partial charge >= 0.3 is 0 Å². The van der Waals surface area contributed by atoms with Crippen LogP contribution < -0.4 is 10.6 Å².